The molecule has 0 amide bonds. The van der Waals surface area contributed by atoms with Gasteiger partial charge in [0, 0.05) is 17.7 Å². The summed E-state index contributed by atoms with van der Waals surface area (Å²) in [6, 6.07) is 7.70. The number of methoxy groups -OCH3 is 1. The Hall–Kier alpha value is -0.540. The number of halogens is 1. The van der Waals surface area contributed by atoms with Gasteiger partial charge in [-0.1, -0.05) is 15.9 Å². The van der Waals surface area contributed by atoms with Crippen molar-refractivity contribution in [3.05, 3.63) is 28.7 Å². The van der Waals surface area contributed by atoms with E-state index in [-0.39, 0.29) is 0 Å². The van der Waals surface area contributed by atoms with Crippen molar-refractivity contribution in [2.45, 2.75) is 12.8 Å². The number of ether oxygens (including phenoxy) is 2. The summed E-state index contributed by atoms with van der Waals surface area (Å²) >= 11 is 3.32. The molecule has 78 valence electrons. The van der Waals surface area contributed by atoms with Gasteiger partial charge < -0.3 is 9.47 Å². The molecule has 0 N–H and O–H groups in total. The Kier molecular flexibility index (Phi) is 5.64. The Morgan fingerprint density at radius 1 is 1.14 bits per heavy atom. The van der Waals surface area contributed by atoms with E-state index in [2.05, 4.69) is 15.9 Å². The summed E-state index contributed by atoms with van der Waals surface area (Å²) in [5.74, 6) is 0.887. The lowest BCUT2D eigenvalue weighted by molar-refractivity contribution is 0.198. The average Bonchev–Trinajstić information content (AvgIpc) is 2.77. The molecule has 1 heterocycles. The van der Waals surface area contributed by atoms with Crippen LogP contribution in [0.4, 0.5) is 0 Å². The summed E-state index contributed by atoms with van der Waals surface area (Å²) in [5.41, 5.74) is 0. The molecule has 1 aromatic rings. The van der Waals surface area contributed by atoms with Gasteiger partial charge in [0.25, 0.3) is 0 Å². The first-order valence-electron chi connectivity index (χ1n) is 4.70. The predicted octanol–water partition coefficient (Wildman–Crippen LogP) is 3.25. The van der Waals surface area contributed by atoms with Gasteiger partial charge in [0.1, 0.15) is 5.75 Å². The third kappa shape index (κ3) is 4.63. The molecule has 0 unspecified atom stereocenters. The maximum atomic E-state index is 4.95. The van der Waals surface area contributed by atoms with E-state index in [1.54, 1.807) is 7.11 Å². The van der Waals surface area contributed by atoms with Crippen molar-refractivity contribution in [3.63, 3.8) is 0 Å². The first-order chi connectivity index (χ1) is 6.83. The van der Waals surface area contributed by atoms with E-state index in [0.29, 0.717) is 0 Å². The SMILES string of the molecule is C1CCOC1.COc1ccc(Br)cc1. The van der Waals surface area contributed by atoms with Gasteiger partial charge in [0.2, 0.25) is 0 Å². The van der Waals surface area contributed by atoms with Crippen LogP contribution in [-0.4, -0.2) is 20.3 Å². The molecule has 2 rings (SSSR count). The Bertz CT molecular complexity index is 234. The fourth-order valence-corrected chi connectivity index (χ4v) is 1.35. The molecule has 0 radical (unpaired) electrons. The Morgan fingerprint density at radius 3 is 2.07 bits per heavy atom. The molecule has 1 saturated heterocycles. The number of hydrogen-bond donors (Lipinski definition) is 0. The smallest absolute Gasteiger partial charge is 0.118 e. The van der Waals surface area contributed by atoms with Crippen LogP contribution < -0.4 is 4.74 Å². The zero-order valence-electron chi connectivity index (χ0n) is 8.33. The van der Waals surface area contributed by atoms with Crippen molar-refractivity contribution < 1.29 is 9.47 Å². The monoisotopic (exact) mass is 258 g/mol. The molecule has 0 aliphatic carbocycles. The number of rotatable bonds is 1. The first kappa shape index (κ1) is 11.5. The molecule has 1 aliphatic rings. The largest absolute Gasteiger partial charge is 0.497 e. The molecular formula is C11H15BrO2. The second kappa shape index (κ2) is 6.85. The van der Waals surface area contributed by atoms with Crippen LogP contribution in [0.25, 0.3) is 0 Å². The van der Waals surface area contributed by atoms with E-state index >= 15 is 0 Å². The number of hydrogen-bond acceptors (Lipinski definition) is 2. The van der Waals surface area contributed by atoms with Crippen LogP contribution >= 0.6 is 15.9 Å². The second-order valence-corrected chi connectivity index (χ2v) is 3.89. The Balaban J connectivity index is 0.000000165. The molecule has 0 saturated carbocycles. The van der Waals surface area contributed by atoms with E-state index < -0.39 is 0 Å². The van der Waals surface area contributed by atoms with Crippen LogP contribution in [-0.2, 0) is 4.74 Å². The van der Waals surface area contributed by atoms with Gasteiger partial charge in [0.15, 0.2) is 0 Å². The summed E-state index contributed by atoms with van der Waals surface area (Å²) in [7, 11) is 1.66. The molecule has 0 bridgehead atoms. The fraction of sp³-hybridized carbons (Fsp3) is 0.455. The highest BCUT2D eigenvalue weighted by atomic mass is 79.9. The fourth-order valence-electron chi connectivity index (χ4n) is 1.08. The molecule has 2 nitrogen and oxygen atoms in total. The molecule has 1 aromatic carbocycles. The van der Waals surface area contributed by atoms with Gasteiger partial charge in [-0.05, 0) is 37.1 Å². The van der Waals surface area contributed by atoms with E-state index in [0.717, 1.165) is 23.4 Å². The molecular weight excluding hydrogens is 244 g/mol. The molecule has 14 heavy (non-hydrogen) atoms. The van der Waals surface area contributed by atoms with Gasteiger partial charge in [-0.2, -0.15) is 0 Å². The predicted molar refractivity (Wildman–Crippen MR) is 60.7 cm³/mol. The lowest BCUT2D eigenvalue weighted by atomic mass is 10.3. The van der Waals surface area contributed by atoms with Crippen molar-refractivity contribution in [1.82, 2.24) is 0 Å². The summed E-state index contributed by atoms with van der Waals surface area (Å²) in [4.78, 5) is 0. The summed E-state index contributed by atoms with van der Waals surface area (Å²) in [6.07, 6.45) is 2.56. The number of benzene rings is 1. The lowest BCUT2D eigenvalue weighted by Gasteiger charge is -1.96. The highest BCUT2D eigenvalue weighted by Gasteiger charge is 1.94. The minimum atomic E-state index is 0.887. The van der Waals surface area contributed by atoms with E-state index in [1.807, 2.05) is 24.3 Å². The summed E-state index contributed by atoms with van der Waals surface area (Å²) in [5, 5.41) is 0. The zero-order valence-corrected chi connectivity index (χ0v) is 9.92. The second-order valence-electron chi connectivity index (χ2n) is 2.98. The normalized spacial score (nSPS) is 14.4. The van der Waals surface area contributed by atoms with Gasteiger partial charge >= 0.3 is 0 Å². The van der Waals surface area contributed by atoms with Crippen molar-refractivity contribution in [3.8, 4) is 5.75 Å². The Labute approximate surface area is 93.4 Å². The van der Waals surface area contributed by atoms with Crippen LogP contribution in [0.1, 0.15) is 12.8 Å². The third-order valence-corrected chi connectivity index (χ3v) is 2.41. The average molecular weight is 259 g/mol. The summed E-state index contributed by atoms with van der Waals surface area (Å²) in [6.45, 7) is 2.00. The van der Waals surface area contributed by atoms with Gasteiger partial charge in [0.05, 0.1) is 7.11 Å². The quantitative estimate of drug-likeness (QED) is 0.770. The lowest BCUT2D eigenvalue weighted by Crippen LogP contribution is -1.79. The maximum Gasteiger partial charge on any atom is 0.118 e. The molecule has 3 heteroatoms. The van der Waals surface area contributed by atoms with Crippen LogP contribution in [0.5, 0.6) is 5.75 Å². The third-order valence-electron chi connectivity index (χ3n) is 1.88. The van der Waals surface area contributed by atoms with Crippen molar-refractivity contribution in [2.24, 2.45) is 0 Å². The van der Waals surface area contributed by atoms with E-state index in [4.69, 9.17) is 9.47 Å². The van der Waals surface area contributed by atoms with Crippen LogP contribution in [0.2, 0.25) is 0 Å². The van der Waals surface area contributed by atoms with Gasteiger partial charge in [-0.15, -0.1) is 0 Å². The maximum absolute atomic E-state index is 4.95. The van der Waals surface area contributed by atoms with Gasteiger partial charge in [-0.25, -0.2) is 0 Å². The van der Waals surface area contributed by atoms with E-state index in [9.17, 15) is 0 Å². The van der Waals surface area contributed by atoms with Crippen LogP contribution in [0, 0.1) is 0 Å². The molecule has 1 fully saturated rings. The molecule has 0 spiro atoms. The van der Waals surface area contributed by atoms with Gasteiger partial charge in [-0.3, -0.25) is 0 Å². The summed E-state index contributed by atoms with van der Waals surface area (Å²) < 4.78 is 11.0. The molecule has 1 aliphatic heterocycles. The highest BCUT2D eigenvalue weighted by molar-refractivity contribution is 9.10. The highest BCUT2D eigenvalue weighted by Crippen LogP contribution is 2.14. The first-order valence-corrected chi connectivity index (χ1v) is 5.49. The minimum absolute atomic E-state index is 0.887. The standard InChI is InChI=1S/C7H7BrO.C4H8O/c1-9-7-4-2-6(8)3-5-7;1-2-4-5-3-1/h2-5H,1H3;1-4H2. The van der Waals surface area contributed by atoms with Crippen molar-refractivity contribution >= 4 is 15.9 Å². The molecule has 0 aromatic heterocycles. The topological polar surface area (TPSA) is 18.5 Å². The van der Waals surface area contributed by atoms with Crippen molar-refractivity contribution in [1.29, 1.82) is 0 Å². The molecule has 0 atom stereocenters. The van der Waals surface area contributed by atoms with E-state index in [1.165, 1.54) is 12.8 Å². The van der Waals surface area contributed by atoms with Crippen molar-refractivity contribution in [2.75, 3.05) is 20.3 Å². The van der Waals surface area contributed by atoms with Crippen LogP contribution in [0.3, 0.4) is 0 Å². The minimum Gasteiger partial charge on any atom is -0.497 e. The Morgan fingerprint density at radius 2 is 1.71 bits per heavy atom. The zero-order chi connectivity index (χ0) is 10.2. The van der Waals surface area contributed by atoms with Crippen LogP contribution in [0.15, 0.2) is 28.7 Å².